The number of anilines is 2. The molecule has 2 aromatic heterocycles. The first-order valence-corrected chi connectivity index (χ1v) is 8.39. The molecule has 2 amide bonds. The van der Waals surface area contributed by atoms with E-state index in [1.54, 1.807) is 48.8 Å². The van der Waals surface area contributed by atoms with Gasteiger partial charge in [0.05, 0.1) is 0 Å². The van der Waals surface area contributed by atoms with Crippen LogP contribution in [0.4, 0.5) is 11.4 Å². The van der Waals surface area contributed by atoms with Gasteiger partial charge in [0.1, 0.15) is 0 Å². The van der Waals surface area contributed by atoms with Crippen LogP contribution in [0.25, 0.3) is 0 Å². The molecule has 7 heteroatoms. The summed E-state index contributed by atoms with van der Waals surface area (Å²) in [5.74, 6) is -0.524. The normalized spacial score (nSPS) is 12.5. The number of benzene rings is 1. The van der Waals surface area contributed by atoms with Gasteiger partial charge >= 0.3 is 0 Å². The molecular formula is C19H17N5O2. The van der Waals surface area contributed by atoms with Crippen molar-refractivity contribution >= 4 is 23.2 Å². The summed E-state index contributed by atoms with van der Waals surface area (Å²) in [7, 11) is 0. The van der Waals surface area contributed by atoms with Crippen molar-refractivity contribution in [1.82, 2.24) is 15.2 Å². The summed E-state index contributed by atoms with van der Waals surface area (Å²) >= 11 is 0. The summed E-state index contributed by atoms with van der Waals surface area (Å²) in [6, 6.07) is 10.2. The highest BCUT2D eigenvalue weighted by atomic mass is 16.2. The largest absolute Gasteiger partial charge is 0.322 e. The Balaban J connectivity index is 1.49. The van der Waals surface area contributed by atoms with Crippen molar-refractivity contribution < 1.29 is 9.59 Å². The summed E-state index contributed by atoms with van der Waals surface area (Å²) in [6.45, 7) is 0. The standard InChI is InChI=1S/C19H17N5O2/c25-18(21-13-7-9-20-10-8-13)12-3-1-4-14(11-12)22-19(26)17-15-5-2-6-16(15)23-24-17/h1,3-4,7-11H,2,5-6H2,(H,22,26)(H,23,24)(H,20,21,25). The number of pyridine rings is 1. The molecule has 4 rings (SSSR count). The number of nitrogens with zero attached hydrogens (tertiary/aromatic N) is 2. The smallest absolute Gasteiger partial charge is 0.276 e. The van der Waals surface area contributed by atoms with Crippen LogP contribution in [0.3, 0.4) is 0 Å². The third-order valence-corrected chi connectivity index (χ3v) is 4.34. The van der Waals surface area contributed by atoms with Crippen LogP contribution in [0.15, 0.2) is 48.8 Å². The number of amides is 2. The van der Waals surface area contributed by atoms with E-state index in [-0.39, 0.29) is 11.8 Å². The predicted octanol–water partition coefficient (Wildman–Crippen LogP) is 2.80. The van der Waals surface area contributed by atoms with Gasteiger partial charge in [0.25, 0.3) is 11.8 Å². The summed E-state index contributed by atoms with van der Waals surface area (Å²) in [4.78, 5) is 28.8. The Labute approximate surface area is 149 Å². The van der Waals surface area contributed by atoms with Crippen molar-refractivity contribution in [1.29, 1.82) is 0 Å². The summed E-state index contributed by atoms with van der Waals surface area (Å²) in [5, 5.41) is 12.7. The highest BCUT2D eigenvalue weighted by molar-refractivity contribution is 6.07. The molecule has 130 valence electrons. The number of rotatable bonds is 4. The predicted molar refractivity (Wildman–Crippen MR) is 97.2 cm³/mol. The third kappa shape index (κ3) is 3.19. The lowest BCUT2D eigenvalue weighted by Gasteiger charge is -2.08. The minimum Gasteiger partial charge on any atom is -0.322 e. The minimum atomic E-state index is -0.268. The van der Waals surface area contributed by atoms with Crippen LogP contribution >= 0.6 is 0 Å². The van der Waals surface area contributed by atoms with E-state index in [2.05, 4.69) is 25.8 Å². The Kier molecular flexibility index (Phi) is 4.18. The van der Waals surface area contributed by atoms with Gasteiger partial charge in [0, 0.05) is 40.6 Å². The Morgan fingerprint density at radius 2 is 1.77 bits per heavy atom. The molecule has 0 saturated heterocycles. The van der Waals surface area contributed by atoms with Gasteiger partial charge in [0.2, 0.25) is 0 Å². The number of carbonyl (C=O) groups excluding carboxylic acids is 2. The highest BCUT2D eigenvalue weighted by Crippen LogP contribution is 2.23. The van der Waals surface area contributed by atoms with Crippen molar-refractivity contribution in [2.24, 2.45) is 0 Å². The second-order valence-electron chi connectivity index (χ2n) is 6.11. The molecule has 7 nitrogen and oxygen atoms in total. The molecule has 26 heavy (non-hydrogen) atoms. The SMILES string of the molecule is O=C(Nc1ccncc1)c1cccc(NC(=O)c2n[nH]c3c2CCC3)c1. The van der Waals surface area contributed by atoms with Gasteiger partial charge in [-0.25, -0.2) is 0 Å². The molecular weight excluding hydrogens is 330 g/mol. The van der Waals surface area contributed by atoms with E-state index < -0.39 is 0 Å². The molecule has 3 aromatic rings. The van der Waals surface area contributed by atoms with Gasteiger partial charge in [-0.1, -0.05) is 6.07 Å². The molecule has 0 fully saturated rings. The first-order valence-electron chi connectivity index (χ1n) is 8.39. The van der Waals surface area contributed by atoms with E-state index in [4.69, 9.17) is 0 Å². The van der Waals surface area contributed by atoms with Crippen LogP contribution in [-0.2, 0) is 12.8 Å². The molecule has 0 saturated carbocycles. The molecule has 2 heterocycles. The van der Waals surface area contributed by atoms with Crippen LogP contribution in [0, 0.1) is 0 Å². The number of hydrogen-bond donors (Lipinski definition) is 3. The van der Waals surface area contributed by atoms with Crippen LogP contribution < -0.4 is 10.6 Å². The lowest BCUT2D eigenvalue weighted by Crippen LogP contribution is -2.16. The van der Waals surface area contributed by atoms with Crippen molar-refractivity contribution in [2.45, 2.75) is 19.3 Å². The molecule has 0 bridgehead atoms. The zero-order valence-corrected chi connectivity index (χ0v) is 14.0. The van der Waals surface area contributed by atoms with Crippen LogP contribution in [0.2, 0.25) is 0 Å². The maximum absolute atomic E-state index is 12.5. The second-order valence-corrected chi connectivity index (χ2v) is 6.11. The number of aromatic nitrogens is 3. The van der Waals surface area contributed by atoms with E-state index in [1.807, 2.05) is 0 Å². The van der Waals surface area contributed by atoms with Gasteiger partial charge < -0.3 is 10.6 Å². The van der Waals surface area contributed by atoms with Crippen molar-refractivity contribution in [2.75, 3.05) is 10.6 Å². The molecule has 1 aliphatic carbocycles. The Morgan fingerprint density at radius 1 is 0.962 bits per heavy atom. The van der Waals surface area contributed by atoms with E-state index in [1.165, 1.54) is 0 Å². The molecule has 3 N–H and O–H groups in total. The fourth-order valence-electron chi connectivity index (χ4n) is 3.07. The number of fused-ring (bicyclic) bond motifs is 1. The van der Waals surface area contributed by atoms with E-state index in [9.17, 15) is 9.59 Å². The quantitative estimate of drug-likeness (QED) is 0.675. The number of carbonyl (C=O) groups is 2. The third-order valence-electron chi connectivity index (χ3n) is 4.34. The lowest BCUT2D eigenvalue weighted by molar-refractivity contribution is 0.101. The van der Waals surface area contributed by atoms with E-state index in [0.717, 1.165) is 30.5 Å². The van der Waals surface area contributed by atoms with Crippen molar-refractivity contribution in [3.05, 3.63) is 71.3 Å². The molecule has 0 radical (unpaired) electrons. The fourth-order valence-corrected chi connectivity index (χ4v) is 3.07. The number of H-pyrrole nitrogens is 1. The van der Waals surface area contributed by atoms with Crippen LogP contribution in [-0.4, -0.2) is 27.0 Å². The van der Waals surface area contributed by atoms with Crippen LogP contribution in [0.1, 0.15) is 38.5 Å². The average Bonchev–Trinajstić information content (AvgIpc) is 3.26. The number of aromatic amines is 1. The first kappa shape index (κ1) is 16.0. The Hall–Kier alpha value is -3.48. The van der Waals surface area contributed by atoms with Gasteiger partial charge in [0.15, 0.2) is 5.69 Å². The average molecular weight is 347 g/mol. The van der Waals surface area contributed by atoms with Gasteiger partial charge in [-0.3, -0.25) is 19.7 Å². The van der Waals surface area contributed by atoms with Crippen molar-refractivity contribution in [3.8, 4) is 0 Å². The number of aryl methyl sites for hydroxylation is 1. The maximum Gasteiger partial charge on any atom is 0.276 e. The fraction of sp³-hybridized carbons (Fsp3) is 0.158. The molecule has 1 aromatic carbocycles. The van der Waals surface area contributed by atoms with Gasteiger partial charge in [-0.15, -0.1) is 0 Å². The Morgan fingerprint density at radius 3 is 2.62 bits per heavy atom. The monoisotopic (exact) mass is 347 g/mol. The summed E-state index contributed by atoms with van der Waals surface area (Å²) in [5.41, 5.74) is 4.13. The molecule has 1 aliphatic rings. The first-order chi connectivity index (χ1) is 12.7. The number of hydrogen-bond acceptors (Lipinski definition) is 4. The van der Waals surface area contributed by atoms with Gasteiger partial charge in [-0.05, 0) is 49.6 Å². The molecule has 0 aliphatic heterocycles. The number of nitrogens with one attached hydrogen (secondary N) is 3. The Bertz CT molecular complexity index is 965. The molecule has 0 unspecified atom stereocenters. The van der Waals surface area contributed by atoms with Gasteiger partial charge in [-0.2, -0.15) is 5.10 Å². The summed E-state index contributed by atoms with van der Waals surface area (Å²) in [6.07, 6.45) is 6.04. The zero-order chi connectivity index (χ0) is 17.9. The van der Waals surface area contributed by atoms with E-state index >= 15 is 0 Å². The van der Waals surface area contributed by atoms with Crippen LogP contribution in [0.5, 0.6) is 0 Å². The minimum absolute atomic E-state index is 0.257. The van der Waals surface area contributed by atoms with Crippen molar-refractivity contribution in [3.63, 3.8) is 0 Å². The van der Waals surface area contributed by atoms with E-state index in [0.29, 0.717) is 22.6 Å². The highest BCUT2D eigenvalue weighted by Gasteiger charge is 2.23. The maximum atomic E-state index is 12.5. The molecule has 0 spiro atoms. The topological polar surface area (TPSA) is 99.8 Å². The lowest BCUT2D eigenvalue weighted by atomic mass is 10.1. The zero-order valence-electron chi connectivity index (χ0n) is 14.0. The molecule has 0 atom stereocenters. The summed E-state index contributed by atoms with van der Waals surface area (Å²) < 4.78 is 0. The second kappa shape index (κ2) is 6.79.